The zero-order chi connectivity index (χ0) is 24.0. The lowest BCUT2D eigenvalue weighted by Gasteiger charge is -2.33. The number of ether oxygens (including phenoxy) is 1. The minimum Gasteiger partial charge on any atom is -0.478 e. The first-order valence-corrected chi connectivity index (χ1v) is 11.2. The van der Waals surface area contributed by atoms with Crippen LogP contribution in [0.15, 0.2) is 65.2 Å². The van der Waals surface area contributed by atoms with E-state index < -0.39 is 30.1 Å². The van der Waals surface area contributed by atoms with Crippen molar-refractivity contribution in [3.8, 4) is 0 Å². The molecule has 1 saturated heterocycles. The summed E-state index contributed by atoms with van der Waals surface area (Å²) >= 11 is 3.15. The van der Waals surface area contributed by atoms with E-state index in [1.54, 1.807) is 24.3 Å². The van der Waals surface area contributed by atoms with Crippen LogP contribution in [0.2, 0.25) is 0 Å². The van der Waals surface area contributed by atoms with Crippen LogP contribution in [-0.2, 0) is 17.1 Å². The zero-order valence-corrected chi connectivity index (χ0v) is 19.3. The number of alkyl halides is 2. The van der Waals surface area contributed by atoms with Crippen LogP contribution in [0.3, 0.4) is 0 Å². The highest BCUT2D eigenvalue weighted by Gasteiger charge is 2.39. The predicted octanol–water partition coefficient (Wildman–Crippen LogP) is 5.00. The van der Waals surface area contributed by atoms with Crippen LogP contribution in [0.1, 0.15) is 34.3 Å². The monoisotopic (exact) mass is 523 g/mol. The number of carbonyl (C=O) groups is 2. The molecule has 0 aliphatic carbocycles. The summed E-state index contributed by atoms with van der Waals surface area (Å²) < 4.78 is 34.9. The highest BCUT2D eigenvalue weighted by atomic mass is 79.9. The van der Waals surface area contributed by atoms with Gasteiger partial charge in [0.25, 0.3) is 0 Å². The van der Waals surface area contributed by atoms with Crippen molar-refractivity contribution in [1.29, 1.82) is 0 Å². The zero-order valence-electron chi connectivity index (χ0n) is 17.7. The number of halogens is 3. The topological polar surface area (TPSA) is 87.1 Å². The van der Waals surface area contributed by atoms with Crippen molar-refractivity contribution in [2.75, 3.05) is 13.2 Å². The Labute approximate surface area is 198 Å². The molecule has 176 valence electrons. The van der Waals surface area contributed by atoms with Crippen molar-refractivity contribution in [3.05, 3.63) is 81.8 Å². The highest BCUT2D eigenvalue weighted by Crippen LogP contribution is 2.34. The van der Waals surface area contributed by atoms with Gasteiger partial charge in [-0.2, -0.15) is 8.78 Å². The minimum atomic E-state index is -3.50. The summed E-state index contributed by atoms with van der Waals surface area (Å²) in [5.74, 6) is -4.52. The van der Waals surface area contributed by atoms with Gasteiger partial charge in [-0.1, -0.05) is 52.3 Å². The summed E-state index contributed by atoms with van der Waals surface area (Å²) in [4.78, 5) is 24.8. The van der Waals surface area contributed by atoms with E-state index in [0.29, 0.717) is 30.3 Å². The Bertz CT molecular complexity index is 1030. The van der Waals surface area contributed by atoms with Crippen LogP contribution in [0, 0.1) is 0 Å². The first kappa shape index (κ1) is 24.9. The molecule has 1 heterocycles. The second kappa shape index (κ2) is 10.9. The van der Waals surface area contributed by atoms with E-state index in [2.05, 4.69) is 15.9 Å². The number of aliphatic hydroxyl groups is 1. The van der Waals surface area contributed by atoms with Gasteiger partial charge in [0.05, 0.1) is 18.2 Å². The second-order valence-corrected chi connectivity index (χ2v) is 8.65. The molecule has 0 radical (unpaired) electrons. The average molecular weight is 524 g/mol. The number of nitrogens with zero attached hydrogens (tertiary/aromatic N) is 1. The van der Waals surface area contributed by atoms with Crippen molar-refractivity contribution in [2.45, 2.75) is 37.3 Å². The number of hydrogen-bond acceptors (Lipinski definition) is 4. The lowest BCUT2D eigenvalue weighted by molar-refractivity contribution is -0.0930. The molecule has 2 aromatic rings. The quantitative estimate of drug-likeness (QED) is 0.451. The fraction of sp³-hybridized carbons (Fsp3) is 0.333. The van der Waals surface area contributed by atoms with E-state index >= 15 is 0 Å². The number of benzene rings is 2. The molecule has 3 rings (SSSR count). The van der Waals surface area contributed by atoms with Gasteiger partial charge in [0.2, 0.25) is 0 Å². The van der Waals surface area contributed by atoms with Gasteiger partial charge in [-0.25, -0.2) is 9.59 Å². The maximum absolute atomic E-state index is 14.7. The normalized spacial score (nSPS) is 17.8. The van der Waals surface area contributed by atoms with E-state index in [4.69, 9.17) is 9.84 Å². The molecule has 9 heteroatoms. The van der Waals surface area contributed by atoms with Gasteiger partial charge in [0.1, 0.15) is 6.10 Å². The highest BCUT2D eigenvalue weighted by molar-refractivity contribution is 9.10. The van der Waals surface area contributed by atoms with Crippen molar-refractivity contribution in [3.63, 3.8) is 0 Å². The number of amides is 1. The summed E-state index contributed by atoms with van der Waals surface area (Å²) in [6, 6.07) is 11.6. The molecule has 0 bridgehead atoms. The third kappa shape index (κ3) is 6.39. The van der Waals surface area contributed by atoms with Crippen LogP contribution < -0.4 is 0 Å². The largest absolute Gasteiger partial charge is 0.478 e. The fourth-order valence-electron chi connectivity index (χ4n) is 3.63. The molecule has 33 heavy (non-hydrogen) atoms. The van der Waals surface area contributed by atoms with Crippen LogP contribution in [0.4, 0.5) is 13.6 Å². The van der Waals surface area contributed by atoms with Gasteiger partial charge in [-0.15, -0.1) is 0 Å². The van der Waals surface area contributed by atoms with Crippen LogP contribution in [0.5, 0.6) is 0 Å². The molecule has 1 aliphatic heterocycles. The Morgan fingerprint density at radius 2 is 2.03 bits per heavy atom. The van der Waals surface area contributed by atoms with Crippen molar-refractivity contribution in [2.24, 2.45) is 0 Å². The molecule has 2 aromatic carbocycles. The van der Waals surface area contributed by atoms with E-state index in [0.717, 1.165) is 11.6 Å². The molecule has 0 aromatic heterocycles. The fourth-order valence-corrected chi connectivity index (χ4v) is 4.03. The molecular formula is C24H24BrF2NO5. The maximum Gasteiger partial charge on any atom is 0.410 e. The van der Waals surface area contributed by atoms with Crippen LogP contribution >= 0.6 is 15.9 Å². The first-order valence-electron chi connectivity index (χ1n) is 10.4. The van der Waals surface area contributed by atoms with Gasteiger partial charge in [-0.05, 0) is 42.7 Å². The van der Waals surface area contributed by atoms with Gasteiger partial charge in [0.15, 0.2) is 0 Å². The molecule has 0 spiro atoms. The average Bonchev–Trinajstić information content (AvgIpc) is 2.79. The van der Waals surface area contributed by atoms with Crippen molar-refractivity contribution >= 4 is 28.0 Å². The van der Waals surface area contributed by atoms with E-state index in [9.17, 15) is 23.5 Å². The summed E-state index contributed by atoms with van der Waals surface area (Å²) in [6.45, 7) is 0.451. The lowest BCUT2D eigenvalue weighted by Crippen LogP contribution is -2.45. The van der Waals surface area contributed by atoms with Crippen LogP contribution in [0.25, 0.3) is 0 Å². The minimum absolute atomic E-state index is 0.156. The van der Waals surface area contributed by atoms with Crippen molar-refractivity contribution < 1.29 is 33.3 Å². The van der Waals surface area contributed by atoms with Crippen molar-refractivity contribution in [1.82, 2.24) is 4.90 Å². The van der Waals surface area contributed by atoms with Crippen LogP contribution in [-0.4, -0.2) is 52.5 Å². The molecule has 2 N–H and O–H groups in total. The van der Waals surface area contributed by atoms with Gasteiger partial charge < -0.3 is 19.8 Å². The number of carboxylic acid groups (broad SMARTS) is 1. The first-order chi connectivity index (χ1) is 15.7. The Morgan fingerprint density at radius 1 is 1.27 bits per heavy atom. The Hall–Kier alpha value is -2.78. The summed E-state index contributed by atoms with van der Waals surface area (Å²) in [7, 11) is 0. The number of carboxylic acids is 1. The SMILES string of the molecule is O=C(O)c1cccc(CCCN2C(=O)OCCC2C=CC(O)C(F)(F)c2cccc(Br)c2)c1. The number of aromatic carboxylic acids is 1. The number of cyclic esters (lactones) is 1. The summed E-state index contributed by atoms with van der Waals surface area (Å²) in [5, 5.41) is 19.3. The number of hydrogen-bond donors (Lipinski definition) is 2. The van der Waals surface area contributed by atoms with E-state index in [1.807, 2.05) is 0 Å². The predicted molar refractivity (Wildman–Crippen MR) is 121 cm³/mol. The Balaban J connectivity index is 1.64. The second-order valence-electron chi connectivity index (χ2n) is 7.74. The van der Waals surface area contributed by atoms with E-state index in [1.165, 1.54) is 35.2 Å². The van der Waals surface area contributed by atoms with Gasteiger partial charge in [-0.3, -0.25) is 0 Å². The van der Waals surface area contributed by atoms with E-state index in [-0.39, 0.29) is 17.7 Å². The molecular weight excluding hydrogens is 500 g/mol. The number of carbonyl (C=O) groups excluding carboxylic acids is 1. The van der Waals surface area contributed by atoms with Gasteiger partial charge in [0, 0.05) is 23.0 Å². The maximum atomic E-state index is 14.7. The Morgan fingerprint density at radius 3 is 2.76 bits per heavy atom. The number of aliphatic hydroxyl groups excluding tert-OH is 1. The van der Waals surface area contributed by atoms with Gasteiger partial charge >= 0.3 is 18.0 Å². The number of rotatable bonds is 9. The smallest absolute Gasteiger partial charge is 0.410 e. The molecule has 2 unspecified atom stereocenters. The lowest BCUT2D eigenvalue weighted by atomic mass is 10.0. The molecule has 1 aliphatic rings. The standard InChI is InChI=1S/C24H24BrF2NO5/c25-19-8-2-7-18(15-19)24(26,27)21(29)10-9-20-11-13-33-23(32)28(20)12-3-5-16-4-1-6-17(14-16)22(30)31/h1-2,4,6-10,14-15,20-21,29H,3,5,11-13H2,(H,30,31). The summed E-state index contributed by atoms with van der Waals surface area (Å²) in [6.07, 6.45) is 1.29. The molecule has 1 amide bonds. The molecule has 0 saturated carbocycles. The third-order valence-corrected chi connectivity index (χ3v) is 5.90. The third-order valence-electron chi connectivity index (χ3n) is 5.41. The Kier molecular flexibility index (Phi) is 8.20. The number of aryl methyl sites for hydroxylation is 1. The molecule has 6 nitrogen and oxygen atoms in total. The molecule has 1 fully saturated rings. The summed E-state index contributed by atoms with van der Waals surface area (Å²) in [5.41, 5.74) is 0.681. The molecule has 2 atom stereocenters.